The van der Waals surface area contributed by atoms with Crippen molar-refractivity contribution in [2.75, 3.05) is 25.3 Å². The van der Waals surface area contributed by atoms with Crippen molar-refractivity contribution in [1.82, 2.24) is 4.98 Å². The van der Waals surface area contributed by atoms with Crippen LogP contribution in [0, 0.1) is 0 Å². The van der Waals surface area contributed by atoms with Gasteiger partial charge < -0.3 is 19.2 Å². The van der Waals surface area contributed by atoms with E-state index in [1.165, 1.54) is 11.8 Å². The molecular weight excluding hydrogens is 432 g/mol. The van der Waals surface area contributed by atoms with Crippen molar-refractivity contribution in [2.24, 2.45) is 0 Å². The molecule has 0 unspecified atom stereocenters. The zero-order chi connectivity index (χ0) is 19.2. The summed E-state index contributed by atoms with van der Waals surface area (Å²) in [5, 5.41) is 3.25. The standard InChI is InChI=1S/C19H17BrN2O4S/c1-24-15-7-14(8-16(9-15)25-2)22-18(23)11-27-19-21-10-17(26-19)12-4-3-5-13(20)6-12/h3-10H,11H2,1-2H3,(H,22,23). The van der Waals surface area contributed by atoms with Crippen LogP contribution in [0.25, 0.3) is 11.3 Å². The Hall–Kier alpha value is -2.45. The SMILES string of the molecule is COc1cc(NC(=O)CSc2ncc(-c3cccc(Br)c3)o2)cc(OC)c1. The van der Waals surface area contributed by atoms with Gasteiger partial charge in [0.2, 0.25) is 5.91 Å². The Bertz CT molecular complexity index is 923. The van der Waals surface area contributed by atoms with E-state index in [9.17, 15) is 4.79 Å². The normalized spacial score (nSPS) is 10.5. The van der Waals surface area contributed by atoms with E-state index in [-0.39, 0.29) is 11.7 Å². The summed E-state index contributed by atoms with van der Waals surface area (Å²) in [5.41, 5.74) is 1.51. The number of methoxy groups -OCH3 is 2. The Labute approximate surface area is 169 Å². The average Bonchev–Trinajstić information content (AvgIpc) is 3.15. The zero-order valence-electron chi connectivity index (χ0n) is 14.7. The molecule has 1 amide bonds. The fraction of sp³-hybridized carbons (Fsp3) is 0.158. The minimum absolute atomic E-state index is 0.165. The first-order chi connectivity index (χ1) is 13.1. The van der Waals surface area contributed by atoms with Crippen molar-refractivity contribution < 1.29 is 18.7 Å². The molecule has 3 rings (SSSR count). The molecule has 0 fully saturated rings. The Kier molecular flexibility index (Phi) is 6.41. The van der Waals surface area contributed by atoms with Crippen LogP contribution in [0.4, 0.5) is 5.69 Å². The minimum atomic E-state index is -0.183. The quantitative estimate of drug-likeness (QED) is 0.520. The monoisotopic (exact) mass is 448 g/mol. The summed E-state index contributed by atoms with van der Waals surface area (Å²) in [4.78, 5) is 16.4. The fourth-order valence-electron chi connectivity index (χ4n) is 2.30. The summed E-state index contributed by atoms with van der Waals surface area (Å²) >= 11 is 4.65. The smallest absolute Gasteiger partial charge is 0.256 e. The van der Waals surface area contributed by atoms with Crippen LogP contribution < -0.4 is 14.8 Å². The van der Waals surface area contributed by atoms with Gasteiger partial charge in [0.1, 0.15) is 11.5 Å². The van der Waals surface area contributed by atoms with Crippen molar-refractivity contribution in [2.45, 2.75) is 5.22 Å². The second-order valence-corrected chi connectivity index (χ2v) is 7.28. The fourth-order valence-corrected chi connectivity index (χ4v) is 3.31. The van der Waals surface area contributed by atoms with Gasteiger partial charge in [0, 0.05) is 33.9 Å². The molecule has 0 spiro atoms. The van der Waals surface area contributed by atoms with E-state index in [1.807, 2.05) is 24.3 Å². The summed E-state index contributed by atoms with van der Waals surface area (Å²) in [7, 11) is 3.11. The third-order valence-corrected chi connectivity index (χ3v) is 4.89. The van der Waals surface area contributed by atoms with Gasteiger partial charge >= 0.3 is 0 Å². The molecule has 0 saturated heterocycles. The van der Waals surface area contributed by atoms with E-state index < -0.39 is 0 Å². The number of anilines is 1. The summed E-state index contributed by atoms with van der Waals surface area (Å²) in [6.45, 7) is 0. The highest BCUT2D eigenvalue weighted by atomic mass is 79.9. The maximum absolute atomic E-state index is 12.2. The molecule has 0 bridgehead atoms. The molecule has 140 valence electrons. The van der Waals surface area contributed by atoms with Crippen molar-refractivity contribution in [3.05, 3.63) is 53.1 Å². The molecule has 2 aromatic carbocycles. The van der Waals surface area contributed by atoms with Gasteiger partial charge in [-0.15, -0.1) is 0 Å². The van der Waals surface area contributed by atoms with Gasteiger partial charge in [-0.1, -0.05) is 39.8 Å². The van der Waals surface area contributed by atoms with Crippen LogP contribution in [0.2, 0.25) is 0 Å². The highest BCUT2D eigenvalue weighted by Crippen LogP contribution is 2.28. The number of nitrogens with zero attached hydrogens (tertiary/aromatic N) is 1. The molecule has 6 nitrogen and oxygen atoms in total. The molecule has 0 radical (unpaired) electrons. The minimum Gasteiger partial charge on any atom is -0.497 e. The molecule has 0 aliphatic heterocycles. The molecule has 8 heteroatoms. The largest absolute Gasteiger partial charge is 0.497 e. The van der Waals surface area contributed by atoms with Crippen molar-refractivity contribution in [1.29, 1.82) is 0 Å². The van der Waals surface area contributed by atoms with Crippen LogP contribution in [0.1, 0.15) is 0 Å². The second-order valence-electron chi connectivity index (χ2n) is 5.44. The van der Waals surface area contributed by atoms with Gasteiger partial charge in [-0.3, -0.25) is 4.79 Å². The third-order valence-electron chi connectivity index (χ3n) is 3.56. The molecule has 1 aromatic heterocycles. The van der Waals surface area contributed by atoms with Crippen LogP contribution in [-0.2, 0) is 4.79 Å². The molecule has 1 heterocycles. The van der Waals surface area contributed by atoms with Gasteiger partial charge in [0.25, 0.3) is 5.22 Å². The molecular formula is C19H17BrN2O4S. The third kappa shape index (κ3) is 5.27. The number of nitrogens with one attached hydrogen (secondary N) is 1. The van der Waals surface area contributed by atoms with Crippen molar-refractivity contribution in [3.63, 3.8) is 0 Å². The molecule has 0 aliphatic rings. The molecule has 1 N–H and O–H groups in total. The summed E-state index contributed by atoms with van der Waals surface area (Å²) in [6, 6.07) is 12.9. The van der Waals surface area contributed by atoms with Gasteiger partial charge in [-0.05, 0) is 12.1 Å². The number of amides is 1. The molecule has 0 saturated carbocycles. The molecule has 27 heavy (non-hydrogen) atoms. The van der Waals surface area contributed by atoms with E-state index in [0.29, 0.717) is 28.2 Å². The number of benzene rings is 2. The summed E-state index contributed by atoms with van der Waals surface area (Å²) in [5.74, 6) is 1.83. The van der Waals surface area contributed by atoms with Gasteiger partial charge in [0.15, 0.2) is 5.76 Å². The van der Waals surface area contributed by atoms with Crippen LogP contribution in [0.3, 0.4) is 0 Å². The molecule has 3 aromatic rings. The van der Waals surface area contributed by atoms with E-state index in [1.54, 1.807) is 38.6 Å². The van der Waals surface area contributed by atoms with Crippen LogP contribution in [-0.4, -0.2) is 30.9 Å². The lowest BCUT2D eigenvalue weighted by atomic mass is 10.2. The highest BCUT2D eigenvalue weighted by Gasteiger charge is 2.11. The van der Waals surface area contributed by atoms with Crippen LogP contribution >= 0.6 is 27.7 Å². The number of thioether (sulfide) groups is 1. The zero-order valence-corrected chi connectivity index (χ0v) is 17.1. The Morgan fingerprint density at radius 3 is 2.59 bits per heavy atom. The number of oxazole rings is 1. The lowest BCUT2D eigenvalue weighted by molar-refractivity contribution is -0.113. The van der Waals surface area contributed by atoms with E-state index >= 15 is 0 Å². The predicted molar refractivity (Wildman–Crippen MR) is 109 cm³/mol. The molecule has 0 aliphatic carbocycles. The summed E-state index contributed by atoms with van der Waals surface area (Å²) < 4.78 is 17.1. The predicted octanol–water partition coefficient (Wildman–Crippen LogP) is 4.85. The number of aromatic nitrogens is 1. The van der Waals surface area contributed by atoms with Gasteiger partial charge in [-0.25, -0.2) is 4.98 Å². The lowest BCUT2D eigenvalue weighted by Crippen LogP contribution is -2.14. The number of rotatable bonds is 7. The number of halogens is 1. The Morgan fingerprint density at radius 2 is 1.93 bits per heavy atom. The van der Waals surface area contributed by atoms with Crippen molar-refractivity contribution in [3.8, 4) is 22.8 Å². The number of carbonyl (C=O) groups is 1. The number of hydrogen-bond donors (Lipinski definition) is 1. The van der Waals surface area contributed by atoms with Gasteiger partial charge in [-0.2, -0.15) is 0 Å². The van der Waals surface area contributed by atoms with Crippen LogP contribution in [0.15, 0.2) is 62.8 Å². The molecule has 0 atom stereocenters. The Morgan fingerprint density at radius 1 is 1.19 bits per heavy atom. The van der Waals surface area contributed by atoms with E-state index in [4.69, 9.17) is 13.9 Å². The first-order valence-electron chi connectivity index (χ1n) is 7.95. The van der Waals surface area contributed by atoms with E-state index in [0.717, 1.165) is 10.0 Å². The topological polar surface area (TPSA) is 73.6 Å². The maximum Gasteiger partial charge on any atom is 0.256 e. The maximum atomic E-state index is 12.2. The van der Waals surface area contributed by atoms with Crippen LogP contribution in [0.5, 0.6) is 11.5 Å². The average molecular weight is 449 g/mol. The second kappa shape index (κ2) is 8.96. The van der Waals surface area contributed by atoms with Crippen molar-refractivity contribution >= 4 is 39.3 Å². The summed E-state index contributed by atoms with van der Waals surface area (Å²) in [6.07, 6.45) is 1.65. The lowest BCUT2D eigenvalue weighted by Gasteiger charge is -2.09. The van der Waals surface area contributed by atoms with E-state index in [2.05, 4.69) is 26.2 Å². The Balaban J connectivity index is 1.60. The highest BCUT2D eigenvalue weighted by molar-refractivity contribution is 9.10. The number of ether oxygens (including phenoxy) is 2. The first kappa shape index (κ1) is 19.3. The first-order valence-corrected chi connectivity index (χ1v) is 9.72. The number of hydrogen-bond acceptors (Lipinski definition) is 6. The van der Waals surface area contributed by atoms with Gasteiger partial charge in [0.05, 0.1) is 26.2 Å². The number of carbonyl (C=O) groups excluding carboxylic acids is 1.